The van der Waals surface area contributed by atoms with Gasteiger partial charge in [-0.05, 0) is 61.1 Å². The first-order chi connectivity index (χ1) is 10.5. The van der Waals surface area contributed by atoms with Gasteiger partial charge in [0.2, 0.25) is 0 Å². The first-order valence-corrected chi connectivity index (χ1v) is 8.02. The summed E-state index contributed by atoms with van der Waals surface area (Å²) in [6.07, 6.45) is 0. The van der Waals surface area contributed by atoms with Gasteiger partial charge < -0.3 is 10.1 Å². The molecule has 3 rings (SSSR count). The van der Waals surface area contributed by atoms with Crippen molar-refractivity contribution in [3.63, 3.8) is 0 Å². The smallest absolute Gasteiger partial charge is 0.190 e. The minimum absolute atomic E-state index is 0.487. The summed E-state index contributed by atoms with van der Waals surface area (Å²) in [4.78, 5) is 0. The van der Waals surface area contributed by atoms with Crippen molar-refractivity contribution in [3.05, 3.63) is 58.6 Å². The zero-order valence-electron chi connectivity index (χ0n) is 12.3. The third-order valence-corrected chi connectivity index (χ3v) is 4.44. The first-order valence-electron chi connectivity index (χ1n) is 6.82. The highest BCUT2D eigenvalue weighted by molar-refractivity contribution is 9.10. The molecular weight excluding hydrogens is 362 g/mol. The monoisotopic (exact) mass is 377 g/mol. The molecule has 0 aliphatic carbocycles. The van der Waals surface area contributed by atoms with Gasteiger partial charge in [0.25, 0.3) is 0 Å². The van der Waals surface area contributed by atoms with Crippen LogP contribution in [-0.4, -0.2) is 12.2 Å². The zero-order valence-corrected chi connectivity index (χ0v) is 14.7. The van der Waals surface area contributed by atoms with Crippen LogP contribution in [0.3, 0.4) is 0 Å². The Hall–Kier alpha value is -1.63. The highest BCUT2D eigenvalue weighted by atomic mass is 79.9. The van der Waals surface area contributed by atoms with Crippen molar-refractivity contribution in [1.82, 2.24) is 10.7 Å². The van der Waals surface area contributed by atoms with Gasteiger partial charge in [-0.25, -0.2) is 5.01 Å². The molecule has 114 valence electrons. The van der Waals surface area contributed by atoms with E-state index in [1.165, 1.54) is 0 Å². The van der Waals surface area contributed by atoms with E-state index < -0.39 is 5.66 Å². The summed E-state index contributed by atoms with van der Waals surface area (Å²) in [6, 6.07) is 15.9. The average Bonchev–Trinajstić information content (AvgIpc) is 2.84. The normalized spacial score (nSPS) is 20.9. The van der Waals surface area contributed by atoms with Crippen LogP contribution in [0.1, 0.15) is 12.5 Å². The Kier molecular flexibility index (Phi) is 4.08. The Morgan fingerprint density at radius 1 is 1.18 bits per heavy atom. The highest BCUT2D eigenvalue weighted by Crippen LogP contribution is 2.29. The van der Waals surface area contributed by atoms with Crippen molar-refractivity contribution in [1.29, 1.82) is 0 Å². The first kappa shape index (κ1) is 15.3. The lowest BCUT2D eigenvalue weighted by atomic mass is 10.0. The maximum absolute atomic E-state index is 5.47. The molecule has 4 nitrogen and oxygen atoms in total. The summed E-state index contributed by atoms with van der Waals surface area (Å²) in [6.45, 7) is 2.05. The second-order valence-electron chi connectivity index (χ2n) is 5.21. The number of benzene rings is 2. The Morgan fingerprint density at radius 3 is 2.59 bits per heavy atom. The molecule has 2 N–H and O–H groups in total. The number of hydrogen-bond donors (Lipinski definition) is 2. The maximum Gasteiger partial charge on any atom is 0.190 e. The van der Waals surface area contributed by atoms with Gasteiger partial charge in [0.1, 0.15) is 11.4 Å². The van der Waals surface area contributed by atoms with Crippen molar-refractivity contribution in [2.24, 2.45) is 0 Å². The number of hydrogen-bond acceptors (Lipinski definition) is 3. The van der Waals surface area contributed by atoms with Gasteiger partial charge >= 0.3 is 0 Å². The van der Waals surface area contributed by atoms with Crippen LogP contribution in [0.25, 0.3) is 0 Å². The van der Waals surface area contributed by atoms with Crippen LogP contribution in [-0.2, 0) is 5.66 Å². The van der Waals surface area contributed by atoms with E-state index in [2.05, 4.69) is 26.7 Å². The fourth-order valence-electron chi connectivity index (χ4n) is 2.41. The molecule has 2 aromatic carbocycles. The van der Waals surface area contributed by atoms with E-state index in [0.717, 1.165) is 21.5 Å². The SMILES string of the molecule is COc1cccc([C@@]2(C)NC(=S)N(c3ccc(Br)cc3)N2)c1. The van der Waals surface area contributed by atoms with E-state index in [4.69, 9.17) is 17.0 Å². The van der Waals surface area contributed by atoms with Crippen LogP contribution in [0.5, 0.6) is 5.75 Å². The zero-order chi connectivity index (χ0) is 15.7. The number of anilines is 1. The summed E-state index contributed by atoms with van der Waals surface area (Å²) in [5.41, 5.74) is 4.97. The fourth-order valence-corrected chi connectivity index (χ4v) is 3.03. The summed E-state index contributed by atoms with van der Waals surface area (Å²) >= 11 is 8.92. The number of nitrogens with one attached hydrogen (secondary N) is 2. The number of halogens is 1. The van der Waals surface area contributed by atoms with Gasteiger partial charge in [-0.1, -0.05) is 28.1 Å². The molecule has 2 aromatic rings. The van der Waals surface area contributed by atoms with Gasteiger partial charge in [0, 0.05) is 4.47 Å². The van der Waals surface area contributed by atoms with Gasteiger partial charge in [0.05, 0.1) is 12.8 Å². The Labute approximate surface area is 143 Å². The van der Waals surface area contributed by atoms with E-state index in [1.54, 1.807) is 7.11 Å². The van der Waals surface area contributed by atoms with Crippen molar-refractivity contribution < 1.29 is 4.74 Å². The second kappa shape index (κ2) is 5.87. The van der Waals surface area contributed by atoms with Crippen LogP contribution in [0.4, 0.5) is 5.69 Å². The topological polar surface area (TPSA) is 36.5 Å². The summed E-state index contributed by atoms with van der Waals surface area (Å²) in [5.74, 6) is 0.815. The Balaban J connectivity index is 1.90. The quantitative estimate of drug-likeness (QED) is 0.800. The predicted octanol–water partition coefficient (Wildman–Crippen LogP) is 3.53. The molecule has 0 unspecified atom stereocenters. The van der Waals surface area contributed by atoms with Crippen LogP contribution in [0, 0.1) is 0 Å². The van der Waals surface area contributed by atoms with Crippen molar-refractivity contribution in [3.8, 4) is 5.75 Å². The number of hydrazine groups is 1. The second-order valence-corrected chi connectivity index (χ2v) is 6.51. The molecule has 1 atom stereocenters. The molecule has 1 saturated heterocycles. The van der Waals surface area contributed by atoms with Crippen LogP contribution in [0.15, 0.2) is 53.0 Å². The lowest BCUT2D eigenvalue weighted by molar-refractivity contribution is 0.381. The molecule has 1 aliphatic rings. The van der Waals surface area contributed by atoms with Crippen LogP contribution < -0.4 is 20.5 Å². The molecule has 1 heterocycles. The molecule has 1 aliphatic heterocycles. The van der Waals surface area contributed by atoms with Crippen molar-refractivity contribution >= 4 is 38.9 Å². The van der Waals surface area contributed by atoms with E-state index >= 15 is 0 Å². The Bertz CT molecular complexity index is 707. The lowest BCUT2D eigenvalue weighted by Gasteiger charge is -2.26. The third-order valence-electron chi connectivity index (χ3n) is 3.63. The van der Waals surface area contributed by atoms with E-state index in [0.29, 0.717) is 5.11 Å². The predicted molar refractivity (Wildman–Crippen MR) is 95.8 cm³/mol. The third kappa shape index (κ3) is 2.82. The number of nitrogens with zero attached hydrogens (tertiary/aromatic N) is 1. The minimum atomic E-state index is -0.487. The molecule has 0 amide bonds. The van der Waals surface area contributed by atoms with Crippen molar-refractivity contribution in [2.45, 2.75) is 12.6 Å². The molecular formula is C16H16BrN3OS. The van der Waals surface area contributed by atoms with Gasteiger partial charge in [-0.15, -0.1) is 0 Å². The summed E-state index contributed by atoms with van der Waals surface area (Å²) in [7, 11) is 1.66. The summed E-state index contributed by atoms with van der Waals surface area (Å²) in [5, 5.41) is 5.85. The largest absolute Gasteiger partial charge is 0.497 e. The fraction of sp³-hybridized carbons (Fsp3) is 0.188. The number of thiocarbonyl (C=S) groups is 1. The molecule has 0 radical (unpaired) electrons. The van der Waals surface area contributed by atoms with Gasteiger partial charge in [0.15, 0.2) is 5.11 Å². The number of methoxy groups -OCH3 is 1. The molecule has 6 heteroatoms. The molecule has 1 fully saturated rings. The maximum atomic E-state index is 5.47. The average molecular weight is 378 g/mol. The molecule has 0 saturated carbocycles. The summed E-state index contributed by atoms with van der Waals surface area (Å²) < 4.78 is 6.34. The number of rotatable bonds is 3. The minimum Gasteiger partial charge on any atom is -0.497 e. The molecule has 22 heavy (non-hydrogen) atoms. The van der Waals surface area contributed by atoms with Gasteiger partial charge in [-0.3, -0.25) is 0 Å². The van der Waals surface area contributed by atoms with Gasteiger partial charge in [-0.2, -0.15) is 5.43 Å². The lowest BCUT2D eigenvalue weighted by Crippen LogP contribution is -2.45. The van der Waals surface area contributed by atoms with E-state index in [-0.39, 0.29) is 0 Å². The Morgan fingerprint density at radius 2 is 1.91 bits per heavy atom. The molecule has 0 spiro atoms. The molecule has 0 bridgehead atoms. The van der Waals surface area contributed by atoms with Crippen LogP contribution >= 0.6 is 28.1 Å². The highest BCUT2D eigenvalue weighted by Gasteiger charge is 2.38. The van der Waals surface area contributed by atoms with Crippen LogP contribution in [0.2, 0.25) is 0 Å². The standard InChI is InChI=1S/C16H16BrN3OS/c1-16(11-4-3-5-14(10-11)21-2)18-15(22)20(19-16)13-8-6-12(17)7-9-13/h3-10,19H,1-2H3,(H,18,22)/t16-/m0/s1. The van der Waals surface area contributed by atoms with E-state index in [1.807, 2.05) is 60.5 Å². The van der Waals surface area contributed by atoms with E-state index in [9.17, 15) is 0 Å². The molecule has 0 aromatic heterocycles. The number of ether oxygens (including phenoxy) is 1. The van der Waals surface area contributed by atoms with Crippen molar-refractivity contribution in [2.75, 3.05) is 12.1 Å².